The molecule has 3 rings (SSSR count). The number of hydrogen-bond donors (Lipinski definition) is 1. The van der Waals surface area contributed by atoms with Crippen LogP contribution < -0.4 is 5.32 Å². The molecule has 2 heterocycles. The van der Waals surface area contributed by atoms with E-state index in [-0.39, 0.29) is 0 Å². The first-order valence-electron chi connectivity index (χ1n) is 5.58. The highest BCUT2D eigenvalue weighted by molar-refractivity contribution is 9.10. The zero-order valence-electron chi connectivity index (χ0n) is 9.37. The molecule has 16 heavy (non-hydrogen) atoms. The van der Waals surface area contributed by atoms with Crippen molar-refractivity contribution in [2.45, 2.75) is 25.9 Å². The average Bonchev–Trinajstić information content (AvgIpc) is 2.63. The molecule has 84 valence electrons. The van der Waals surface area contributed by atoms with Gasteiger partial charge in [-0.3, -0.25) is 4.68 Å². The van der Waals surface area contributed by atoms with Crippen LogP contribution in [0.5, 0.6) is 0 Å². The maximum atomic E-state index is 4.69. The molecule has 1 aromatic carbocycles. The Balaban J connectivity index is 2.32. The number of rotatable bonds is 0. The Kier molecular flexibility index (Phi) is 2.30. The van der Waals surface area contributed by atoms with Crippen molar-refractivity contribution in [3.63, 3.8) is 0 Å². The first-order chi connectivity index (χ1) is 7.66. The standard InChI is InChI=1S/C12H14BrN3/c1-7-6-14-8(2)12-10-4-3-9(13)5-11(10)15-16(7)12/h3-5,7-8,14H,6H2,1-2H3/t7-,8-/m1/s1. The van der Waals surface area contributed by atoms with E-state index in [0.29, 0.717) is 12.1 Å². The number of fused-ring (bicyclic) bond motifs is 3. The molecule has 3 nitrogen and oxygen atoms in total. The van der Waals surface area contributed by atoms with Gasteiger partial charge in [-0.05, 0) is 32.0 Å². The third-order valence-electron chi connectivity index (χ3n) is 3.25. The molecule has 0 amide bonds. The molecule has 0 spiro atoms. The predicted molar refractivity (Wildman–Crippen MR) is 68.6 cm³/mol. The SMILES string of the molecule is C[C@@H]1CN[C@H](C)c2c3ccc(Br)cc3nn21. The summed E-state index contributed by atoms with van der Waals surface area (Å²) in [5.41, 5.74) is 2.38. The van der Waals surface area contributed by atoms with E-state index in [1.807, 2.05) is 0 Å². The van der Waals surface area contributed by atoms with Gasteiger partial charge >= 0.3 is 0 Å². The summed E-state index contributed by atoms with van der Waals surface area (Å²) in [6.07, 6.45) is 0. The highest BCUT2D eigenvalue weighted by Gasteiger charge is 2.24. The van der Waals surface area contributed by atoms with Crippen molar-refractivity contribution in [1.82, 2.24) is 15.1 Å². The molecule has 4 heteroatoms. The van der Waals surface area contributed by atoms with Gasteiger partial charge in [-0.25, -0.2) is 0 Å². The van der Waals surface area contributed by atoms with Gasteiger partial charge in [0.15, 0.2) is 0 Å². The molecule has 0 saturated carbocycles. The van der Waals surface area contributed by atoms with E-state index < -0.39 is 0 Å². The van der Waals surface area contributed by atoms with E-state index in [1.165, 1.54) is 11.1 Å². The number of aromatic nitrogens is 2. The molecule has 0 fully saturated rings. The average molecular weight is 280 g/mol. The Labute approximate surface area is 103 Å². The van der Waals surface area contributed by atoms with E-state index in [1.54, 1.807) is 0 Å². The molecule has 0 aliphatic carbocycles. The molecular weight excluding hydrogens is 266 g/mol. The molecular formula is C12H14BrN3. The van der Waals surface area contributed by atoms with Gasteiger partial charge in [-0.2, -0.15) is 5.10 Å². The van der Waals surface area contributed by atoms with Crippen LogP contribution in [0.1, 0.15) is 31.6 Å². The zero-order valence-corrected chi connectivity index (χ0v) is 11.0. The summed E-state index contributed by atoms with van der Waals surface area (Å²) < 4.78 is 3.25. The highest BCUT2D eigenvalue weighted by atomic mass is 79.9. The second-order valence-electron chi connectivity index (χ2n) is 4.47. The summed E-state index contributed by atoms with van der Waals surface area (Å²) in [4.78, 5) is 0. The van der Waals surface area contributed by atoms with E-state index in [9.17, 15) is 0 Å². The molecule has 1 aromatic heterocycles. The summed E-state index contributed by atoms with van der Waals surface area (Å²) in [7, 11) is 0. The van der Waals surface area contributed by atoms with Crippen molar-refractivity contribution in [1.29, 1.82) is 0 Å². The van der Waals surface area contributed by atoms with Gasteiger partial charge in [-0.15, -0.1) is 0 Å². The van der Waals surface area contributed by atoms with Crippen molar-refractivity contribution >= 4 is 26.8 Å². The normalized spacial score (nSPS) is 24.7. The van der Waals surface area contributed by atoms with E-state index >= 15 is 0 Å². The Morgan fingerprint density at radius 1 is 1.44 bits per heavy atom. The molecule has 1 N–H and O–H groups in total. The molecule has 0 unspecified atom stereocenters. The number of benzene rings is 1. The van der Waals surface area contributed by atoms with Crippen LogP contribution in [0.15, 0.2) is 22.7 Å². The second-order valence-corrected chi connectivity index (χ2v) is 5.39. The van der Waals surface area contributed by atoms with Gasteiger partial charge in [0, 0.05) is 22.4 Å². The largest absolute Gasteiger partial charge is 0.307 e. The first-order valence-corrected chi connectivity index (χ1v) is 6.37. The fraction of sp³-hybridized carbons (Fsp3) is 0.417. The lowest BCUT2D eigenvalue weighted by atomic mass is 10.1. The predicted octanol–water partition coefficient (Wildman–Crippen LogP) is 3.02. The Morgan fingerprint density at radius 2 is 2.25 bits per heavy atom. The maximum Gasteiger partial charge on any atom is 0.0938 e. The quantitative estimate of drug-likeness (QED) is 0.804. The van der Waals surface area contributed by atoms with Gasteiger partial charge in [-0.1, -0.05) is 15.9 Å². The second kappa shape index (κ2) is 3.57. The molecule has 0 bridgehead atoms. The van der Waals surface area contributed by atoms with Gasteiger partial charge < -0.3 is 5.32 Å². The Morgan fingerprint density at radius 3 is 3.06 bits per heavy atom. The van der Waals surface area contributed by atoms with Crippen LogP contribution in [0, 0.1) is 0 Å². The fourth-order valence-electron chi connectivity index (χ4n) is 2.40. The zero-order chi connectivity index (χ0) is 11.3. The molecule has 2 atom stereocenters. The number of halogens is 1. The fourth-order valence-corrected chi connectivity index (χ4v) is 2.74. The van der Waals surface area contributed by atoms with E-state index in [2.05, 4.69) is 58.0 Å². The van der Waals surface area contributed by atoms with E-state index in [0.717, 1.165) is 16.5 Å². The van der Waals surface area contributed by atoms with Crippen LogP contribution in [-0.2, 0) is 0 Å². The van der Waals surface area contributed by atoms with E-state index in [4.69, 9.17) is 5.10 Å². The summed E-state index contributed by atoms with van der Waals surface area (Å²) in [5, 5.41) is 9.46. The van der Waals surface area contributed by atoms with Gasteiger partial charge in [0.1, 0.15) is 0 Å². The van der Waals surface area contributed by atoms with Crippen LogP contribution in [0.2, 0.25) is 0 Å². The summed E-state index contributed by atoms with van der Waals surface area (Å²) in [5.74, 6) is 0. The summed E-state index contributed by atoms with van der Waals surface area (Å²) in [6, 6.07) is 7.12. The lowest BCUT2D eigenvalue weighted by molar-refractivity contribution is 0.356. The minimum atomic E-state index is 0.377. The molecule has 1 aliphatic rings. The van der Waals surface area contributed by atoms with Crippen LogP contribution >= 0.6 is 15.9 Å². The van der Waals surface area contributed by atoms with Gasteiger partial charge in [0.2, 0.25) is 0 Å². The van der Waals surface area contributed by atoms with Crippen molar-refractivity contribution in [2.24, 2.45) is 0 Å². The Hall–Kier alpha value is -0.870. The minimum absolute atomic E-state index is 0.377. The van der Waals surface area contributed by atoms with Crippen molar-refractivity contribution in [2.75, 3.05) is 6.54 Å². The van der Waals surface area contributed by atoms with Crippen molar-refractivity contribution in [3.8, 4) is 0 Å². The molecule has 0 saturated heterocycles. The highest BCUT2D eigenvalue weighted by Crippen LogP contribution is 2.31. The molecule has 1 aliphatic heterocycles. The van der Waals surface area contributed by atoms with Crippen molar-refractivity contribution in [3.05, 3.63) is 28.4 Å². The van der Waals surface area contributed by atoms with Crippen LogP contribution in [0.25, 0.3) is 10.9 Å². The third kappa shape index (κ3) is 1.40. The summed E-state index contributed by atoms with van der Waals surface area (Å²) >= 11 is 3.49. The first kappa shape index (κ1) is 10.3. The lowest BCUT2D eigenvalue weighted by Gasteiger charge is -2.27. The van der Waals surface area contributed by atoms with Gasteiger partial charge in [0.05, 0.1) is 17.3 Å². The van der Waals surface area contributed by atoms with Crippen LogP contribution in [0.3, 0.4) is 0 Å². The molecule has 0 radical (unpaired) electrons. The van der Waals surface area contributed by atoms with Crippen LogP contribution in [0.4, 0.5) is 0 Å². The number of nitrogens with one attached hydrogen (secondary N) is 1. The number of hydrogen-bond acceptors (Lipinski definition) is 2. The van der Waals surface area contributed by atoms with Gasteiger partial charge in [0.25, 0.3) is 0 Å². The summed E-state index contributed by atoms with van der Waals surface area (Å²) in [6.45, 7) is 5.38. The third-order valence-corrected chi connectivity index (χ3v) is 3.74. The van der Waals surface area contributed by atoms with Crippen LogP contribution in [-0.4, -0.2) is 16.3 Å². The monoisotopic (exact) mass is 279 g/mol. The molecule has 2 aromatic rings. The van der Waals surface area contributed by atoms with Crippen molar-refractivity contribution < 1.29 is 0 Å². The Bertz CT molecular complexity index is 546. The lowest BCUT2D eigenvalue weighted by Crippen LogP contribution is -2.34. The maximum absolute atomic E-state index is 4.69. The smallest absolute Gasteiger partial charge is 0.0938 e. The minimum Gasteiger partial charge on any atom is -0.307 e. The topological polar surface area (TPSA) is 29.9 Å². The number of nitrogens with zero attached hydrogens (tertiary/aromatic N) is 2.